The maximum Gasteiger partial charge on any atom is 2.00 e. The van der Waals surface area contributed by atoms with E-state index in [1.54, 1.807) is 18.2 Å². The molecule has 50 valence electrons. The number of aromatic carboxylic acids is 1. The zero-order valence-corrected chi connectivity index (χ0v) is 10.6. The number of carboxylic acid groups (broad SMARTS) is 1. The summed E-state index contributed by atoms with van der Waals surface area (Å²) in [5.74, 6) is -1.13. The molecule has 0 atom stereocenters. The molecule has 0 N–H and O–H groups in total. The normalized spacial score (nSPS) is 7.27. The van der Waals surface area contributed by atoms with Crippen molar-refractivity contribution < 1.29 is 42.3 Å². The summed E-state index contributed by atoms with van der Waals surface area (Å²) in [5, 5.41) is 10.1. The molecule has 0 bridgehead atoms. The van der Waals surface area contributed by atoms with Crippen LogP contribution >= 0.6 is 0 Å². The van der Waals surface area contributed by atoms with Crippen LogP contribution in [0.3, 0.4) is 0 Å². The molecular weight excluding hydrogens is 179 g/mol. The summed E-state index contributed by atoms with van der Waals surface area (Å²) < 4.78 is 0. The van der Waals surface area contributed by atoms with Gasteiger partial charge in [-0.1, -0.05) is 30.3 Å². The minimum absolute atomic E-state index is 0. The third kappa shape index (κ3) is 5.23. The van der Waals surface area contributed by atoms with Gasteiger partial charge in [-0.25, -0.2) is 0 Å². The van der Waals surface area contributed by atoms with Crippen molar-refractivity contribution >= 4 is 43.7 Å². The van der Waals surface area contributed by atoms with Gasteiger partial charge in [0.25, 0.3) is 0 Å². The smallest absolute Gasteiger partial charge is 1.00 e. The Kier molecular flexibility index (Phi) is 9.99. The van der Waals surface area contributed by atoms with E-state index >= 15 is 0 Å². The fourth-order valence-electron chi connectivity index (χ4n) is 0.574. The number of rotatable bonds is 1. The quantitative estimate of drug-likeness (QED) is 0.436. The van der Waals surface area contributed by atoms with Crippen molar-refractivity contribution in [2.45, 2.75) is 0 Å². The van der Waals surface area contributed by atoms with Gasteiger partial charge in [0.2, 0.25) is 0 Å². The monoisotopic (exact) mass is 186 g/mol. The molecule has 1 rings (SSSR count). The first-order valence-electron chi connectivity index (χ1n) is 2.57. The summed E-state index contributed by atoms with van der Waals surface area (Å²) in [6.45, 7) is 0. The molecule has 0 aliphatic rings. The van der Waals surface area contributed by atoms with Crippen molar-refractivity contribution in [1.82, 2.24) is 0 Å². The van der Waals surface area contributed by atoms with Gasteiger partial charge in [0.05, 0.1) is 5.97 Å². The average Bonchev–Trinajstić information content (AvgIpc) is 1.90. The maximum atomic E-state index is 10.1. The minimum Gasteiger partial charge on any atom is -1.00 e. The Morgan fingerprint density at radius 3 is 2.00 bits per heavy atom. The predicted octanol–water partition coefficient (Wildman–Crippen LogP) is -3.10. The van der Waals surface area contributed by atoms with Gasteiger partial charge in [-0.05, 0) is 5.56 Å². The summed E-state index contributed by atoms with van der Waals surface area (Å²) in [6, 6.07) is 8.06. The SMILES string of the molecule is O=C([O-])c1ccccc1.[Ca+2].[H-].[H-].[Na+]. The molecule has 0 heterocycles. The number of carboxylic acids is 1. The van der Waals surface area contributed by atoms with Gasteiger partial charge in [0.1, 0.15) is 0 Å². The van der Waals surface area contributed by atoms with E-state index in [1.807, 2.05) is 0 Å². The number of benzene rings is 1. The van der Waals surface area contributed by atoms with Gasteiger partial charge in [0.15, 0.2) is 0 Å². The van der Waals surface area contributed by atoms with Crippen molar-refractivity contribution in [3.05, 3.63) is 35.9 Å². The van der Waals surface area contributed by atoms with E-state index in [1.165, 1.54) is 12.1 Å². The van der Waals surface area contributed by atoms with Crippen molar-refractivity contribution in [3.8, 4) is 0 Å². The first-order chi connectivity index (χ1) is 4.30. The van der Waals surface area contributed by atoms with E-state index < -0.39 is 5.97 Å². The Bertz CT molecular complexity index is 221. The Labute approximate surface area is 120 Å². The van der Waals surface area contributed by atoms with Gasteiger partial charge < -0.3 is 12.8 Å². The molecule has 0 radical (unpaired) electrons. The van der Waals surface area contributed by atoms with Crippen LogP contribution in [0, 0.1) is 0 Å². The molecule has 1 aromatic carbocycles. The first-order valence-corrected chi connectivity index (χ1v) is 2.57. The molecule has 2 nitrogen and oxygen atoms in total. The van der Waals surface area contributed by atoms with E-state index in [-0.39, 0.29) is 75.7 Å². The van der Waals surface area contributed by atoms with E-state index in [9.17, 15) is 9.90 Å². The van der Waals surface area contributed by atoms with Crippen LogP contribution < -0.4 is 34.7 Å². The van der Waals surface area contributed by atoms with Crippen molar-refractivity contribution in [1.29, 1.82) is 0 Å². The van der Waals surface area contributed by atoms with Gasteiger partial charge in [-0.15, -0.1) is 0 Å². The van der Waals surface area contributed by atoms with E-state index in [2.05, 4.69) is 0 Å². The van der Waals surface area contributed by atoms with Crippen molar-refractivity contribution in [2.75, 3.05) is 0 Å². The maximum absolute atomic E-state index is 10.1. The van der Waals surface area contributed by atoms with Crippen LogP contribution in [-0.2, 0) is 0 Å². The van der Waals surface area contributed by atoms with Crippen LogP contribution in [0.4, 0.5) is 0 Å². The van der Waals surface area contributed by atoms with Gasteiger partial charge >= 0.3 is 67.3 Å². The Balaban J connectivity index is -0.000000101. The van der Waals surface area contributed by atoms with E-state index in [0.717, 1.165) is 0 Å². The van der Waals surface area contributed by atoms with Crippen LogP contribution in [0.1, 0.15) is 13.2 Å². The number of carbonyl (C=O) groups is 1. The fraction of sp³-hybridized carbons (Fsp3) is 0. The van der Waals surface area contributed by atoms with Gasteiger partial charge in [0, 0.05) is 0 Å². The fourth-order valence-corrected chi connectivity index (χ4v) is 0.574. The molecule has 0 saturated carbocycles. The van der Waals surface area contributed by atoms with Gasteiger partial charge in [-0.3, -0.25) is 0 Å². The Morgan fingerprint density at radius 1 is 1.27 bits per heavy atom. The summed E-state index contributed by atoms with van der Waals surface area (Å²) in [6.07, 6.45) is 0. The Morgan fingerprint density at radius 2 is 1.73 bits per heavy atom. The third-order valence-electron chi connectivity index (χ3n) is 1.01. The second kappa shape index (κ2) is 7.59. The van der Waals surface area contributed by atoms with Crippen LogP contribution in [0.5, 0.6) is 0 Å². The summed E-state index contributed by atoms with van der Waals surface area (Å²) in [7, 11) is 0. The summed E-state index contributed by atoms with van der Waals surface area (Å²) in [5.41, 5.74) is 0.220. The minimum atomic E-state index is -1.13. The third-order valence-corrected chi connectivity index (χ3v) is 1.01. The molecule has 0 unspecified atom stereocenters. The molecule has 11 heavy (non-hydrogen) atoms. The number of hydrogen-bond acceptors (Lipinski definition) is 2. The standard InChI is InChI=1S/C7H6O2.Ca.Na.2H/c8-7(9)6-4-2-1-3-5-6;;;;/h1-5H,(H,8,9);;;;/q;+2;+1;2*-1/p-1. The van der Waals surface area contributed by atoms with Crippen molar-refractivity contribution in [2.24, 2.45) is 0 Å². The van der Waals surface area contributed by atoms with Crippen LogP contribution in [0.2, 0.25) is 0 Å². The van der Waals surface area contributed by atoms with Crippen LogP contribution in [0.25, 0.3) is 0 Å². The summed E-state index contributed by atoms with van der Waals surface area (Å²) in [4.78, 5) is 10.1. The number of hydrogen-bond donors (Lipinski definition) is 0. The van der Waals surface area contributed by atoms with Crippen LogP contribution in [-0.4, -0.2) is 43.7 Å². The molecule has 0 aliphatic heterocycles. The van der Waals surface area contributed by atoms with Crippen molar-refractivity contribution in [3.63, 3.8) is 0 Å². The molecule has 1 aromatic rings. The van der Waals surface area contributed by atoms with Gasteiger partial charge in [-0.2, -0.15) is 0 Å². The molecule has 0 aliphatic carbocycles. The molecule has 0 aromatic heterocycles. The Hall–Kier alpha value is 0.950. The average molecular weight is 186 g/mol. The molecule has 0 spiro atoms. The molecular formula is C7H7CaNaO2. The number of carbonyl (C=O) groups excluding carboxylic acids is 1. The molecule has 0 saturated heterocycles. The second-order valence-electron chi connectivity index (χ2n) is 1.65. The van der Waals surface area contributed by atoms with E-state index in [0.29, 0.717) is 0 Å². The van der Waals surface area contributed by atoms with E-state index in [4.69, 9.17) is 0 Å². The predicted molar refractivity (Wildman–Crippen MR) is 38.8 cm³/mol. The molecule has 4 heteroatoms. The molecule has 0 amide bonds. The second-order valence-corrected chi connectivity index (χ2v) is 1.65. The zero-order chi connectivity index (χ0) is 6.69. The molecule has 0 fully saturated rings. The summed E-state index contributed by atoms with van der Waals surface area (Å²) >= 11 is 0. The van der Waals surface area contributed by atoms with Crippen LogP contribution in [0.15, 0.2) is 30.3 Å². The zero-order valence-electron chi connectivity index (χ0n) is 8.41. The largest absolute Gasteiger partial charge is 2.00 e. The first kappa shape index (κ1) is 14.5. The topological polar surface area (TPSA) is 40.1 Å².